The lowest BCUT2D eigenvalue weighted by Gasteiger charge is -2.21. The Kier molecular flexibility index (Phi) is 10.6. The molecule has 0 saturated carbocycles. The maximum absolute atomic E-state index is 11.9. The molecule has 0 saturated heterocycles. The quantitative estimate of drug-likeness (QED) is 0.221. The molecule has 1 aromatic carbocycles. The number of hydrogen-bond acceptors (Lipinski definition) is 7. The van der Waals surface area contributed by atoms with Gasteiger partial charge >= 0.3 is 12.1 Å². The zero-order chi connectivity index (χ0) is 21.0. The number of hydrogen-bond donors (Lipinski definition) is 0. The van der Waals surface area contributed by atoms with E-state index in [9.17, 15) is 9.59 Å². The van der Waals surface area contributed by atoms with Crippen LogP contribution >= 0.6 is 0 Å². The molecule has 0 aliphatic heterocycles. The normalized spacial score (nSPS) is 12.3. The van der Waals surface area contributed by atoms with Gasteiger partial charge in [0.15, 0.2) is 0 Å². The lowest BCUT2D eigenvalue weighted by atomic mass is 10.0. The van der Waals surface area contributed by atoms with Crippen molar-refractivity contribution in [1.82, 2.24) is 0 Å². The van der Waals surface area contributed by atoms with E-state index in [0.29, 0.717) is 5.56 Å². The molecular formula is C21H32O7. The van der Waals surface area contributed by atoms with Crippen molar-refractivity contribution < 1.29 is 33.9 Å². The van der Waals surface area contributed by atoms with Gasteiger partial charge in [0.1, 0.15) is 6.10 Å². The summed E-state index contributed by atoms with van der Waals surface area (Å²) in [5.41, 5.74) is 1.10. The van der Waals surface area contributed by atoms with E-state index in [4.69, 9.17) is 9.47 Å². The van der Waals surface area contributed by atoms with Gasteiger partial charge in [0.2, 0.25) is 0 Å². The first-order chi connectivity index (χ1) is 13.2. The molecular weight excluding hydrogens is 364 g/mol. The number of rotatable bonds is 11. The van der Waals surface area contributed by atoms with E-state index in [1.165, 1.54) is 19.3 Å². The van der Waals surface area contributed by atoms with E-state index in [-0.39, 0.29) is 12.2 Å². The molecule has 0 aromatic heterocycles. The summed E-state index contributed by atoms with van der Waals surface area (Å²) in [6, 6.07) is 7.03. The number of aryl methyl sites for hydroxylation is 1. The predicted molar refractivity (Wildman–Crippen MR) is 104 cm³/mol. The van der Waals surface area contributed by atoms with Gasteiger partial charge in [-0.3, -0.25) is 4.89 Å². The van der Waals surface area contributed by atoms with Crippen LogP contribution in [0.2, 0.25) is 0 Å². The molecule has 7 heteroatoms. The molecule has 0 fully saturated rings. The van der Waals surface area contributed by atoms with Crippen LogP contribution < -0.4 is 0 Å². The van der Waals surface area contributed by atoms with Gasteiger partial charge in [-0.05, 0) is 58.2 Å². The minimum Gasteiger partial charge on any atom is -0.427 e. The van der Waals surface area contributed by atoms with Gasteiger partial charge in [-0.25, -0.2) is 14.5 Å². The van der Waals surface area contributed by atoms with Crippen molar-refractivity contribution in [3.05, 3.63) is 35.4 Å². The number of benzene rings is 1. The van der Waals surface area contributed by atoms with Crippen LogP contribution in [0.25, 0.3) is 0 Å². The third-order valence-corrected chi connectivity index (χ3v) is 3.77. The average molecular weight is 396 g/mol. The Labute approximate surface area is 167 Å². The molecule has 0 heterocycles. The molecule has 1 aromatic rings. The van der Waals surface area contributed by atoms with Crippen molar-refractivity contribution in [3.8, 4) is 0 Å². The van der Waals surface area contributed by atoms with Crippen molar-refractivity contribution in [2.45, 2.75) is 78.4 Å². The van der Waals surface area contributed by atoms with Crippen molar-refractivity contribution in [2.24, 2.45) is 0 Å². The SMILES string of the molecule is CCCCCCc1ccc(C(=O)OOOC(=O)OC(C)COC(C)(C)C)cc1. The maximum Gasteiger partial charge on any atom is 0.543 e. The van der Waals surface area contributed by atoms with Crippen molar-refractivity contribution >= 4 is 12.1 Å². The van der Waals surface area contributed by atoms with Gasteiger partial charge < -0.3 is 9.47 Å². The molecule has 0 aliphatic rings. The number of carbonyl (C=O) groups excluding carboxylic acids is 2. The molecule has 0 bridgehead atoms. The first-order valence-corrected chi connectivity index (χ1v) is 9.70. The zero-order valence-corrected chi connectivity index (χ0v) is 17.5. The van der Waals surface area contributed by atoms with Crippen molar-refractivity contribution in [3.63, 3.8) is 0 Å². The second kappa shape index (κ2) is 12.4. The van der Waals surface area contributed by atoms with Gasteiger partial charge in [0.25, 0.3) is 0 Å². The summed E-state index contributed by atoms with van der Waals surface area (Å²) in [5, 5.41) is 4.22. The Balaban J connectivity index is 2.27. The standard InChI is InChI=1S/C21H32O7/c1-6-7-8-9-10-17-11-13-18(14-12-17)19(22)26-28-27-20(23)25-16(2)15-24-21(3,4)5/h11-14,16H,6-10,15H2,1-5H3. The van der Waals surface area contributed by atoms with Crippen LogP contribution in [0.3, 0.4) is 0 Å². The second-order valence-electron chi connectivity index (χ2n) is 7.63. The highest BCUT2D eigenvalue weighted by Gasteiger charge is 2.18. The van der Waals surface area contributed by atoms with E-state index < -0.39 is 18.2 Å². The molecule has 1 unspecified atom stereocenters. The Hall–Kier alpha value is -2.12. The topological polar surface area (TPSA) is 80.3 Å². The fourth-order valence-electron chi connectivity index (χ4n) is 2.27. The summed E-state index contributed by atoms with van der Waals surface area (Å²) in [7, 11) is 0. The average Bonchev–Trinajstić information content (AvgIpc) is 2.63. The summed E-state index contributed by atoms with van der Waals surface area (Å²) in [6.07, 6.45) is 4.04. The number of unbranched alkanes of at least 4 members (excludes halogenated alkanes) is 3. The van der Waals surface area contributed by atoms with Crippen LogP contribution in [0.5, 0.6) is 0 Å². The summed E-state index contributed by atoms with van der Waals surface area (Å²) in [6.45, 7) is 9.68. The van der Waals surface area contributed by atoms with E-state index in [2.05, 4.69) is 21.7 Å². The van der Waals surface area contributed by atoms with Crippen LogP contribution in [0, 0.1) is 0 Å². The minimum atomic E-state index is -1.12. The first-order valence-electron chi connectivity index (χ1n) is 9.70. The fraction of sp³-hybridized carbons (Fsp3) is 0.619. The van der Waals surface area contributed by atoms with Crippen molar-refractivity contribution in [1.29, 1.82) is 0 Å². The Morgan fingerprint density at radius 2 is 1.68 bits per heavy atom. The van der Waals surface area contributed by atoms with E-state index in [1.54, 1.807) is 19.1 Å². The van der Waals surface area contributed by atoms with Crippen molar-refractivity contribution in [2.75, 3.05) is 6.61 Å². The molecule has 0 amide bonds. The zero-order valence-electron chi connectivity index (χ0n) is 17.5. The lowest BCUT2D eigenvalue weighted by molar-refractivity contribution is -0.453. The summed E-state index contributed by atoms with van der Waals surface area (Å²) in [5.74, 6) is -0.769. The van der Waals surface area contributed by atoms with Gasteiger partial charge in [-0.15, -0.1) is 0 Å². The maximum atomic E-state index is 11.9. The van der Waals surface area contributed by atoms with E-state index in [0.717, 1.165) is 18.4 Å². The Morgan fingerprint density at radius 3 is 2.29 bits per heavy atom. The molecule has 1 atom stereocenters. The van der Waals surface area contributed by atoms with Crippen LogP contribution in [-0.4, -0.2) is 30.4 Å². The molecule has 28 heavy (non-hydrogen) atoms. The molecule has 1 rings (SSSR count). The largest absolute Gasteiger partial charge is 0.543 e. The minimum absolute atomic E-state index is 0.198. The molecule has 0 spiro atoms. The summed E-state index contributed by atoms with van der Waals surface area (Å²) in [4.78, 5) is 32.1. The third-order valence-electron chi connectivity index (χ3n) is 3.77. The van der Waals surface area contributed by atoms with Gasteiger partial charge in [0.05, 0.1) is 22.8 Å². The van der Waals surface area contributed by atoms with Gasteiger partial charge in [-0.1, -0.05) is 38.3 Å². The smallest absolute Gasteiger partial charge is 0.427 e. The molecule has 0 N–H and O–H groups in total. The summed E-state index contributed by atoms with van der Waals surface area (Å²) < 4.78 is 10.4. The fourth-order valence-corrected chi connectivity index (χ4v) is 2.27. The highest BCUT2D eigenvalue weighted by Crippen LogP contribution is 2.11. The van der Waals surface area contributed by atoms with Crippen LogP contribution in [0.1, 0.15) is 76.2 Å². The molecule has 0 radical (unpaired) electrons. The molecule has 158 valence electrons. The second-order valence-corrected chi connectivity index (χ2v) is 7.63. The van der Waals surface area contributed by atoms with E-state index in [1.807, 2.05) is 32.9 Å². The monoisotopic (exact) mass is 396 g/mol. The molecule has 0 aliphatic carbocycles. The Morgan fingerprint density at radius 1 is 1.00 bits per heavy atom. The van der Waals surface area contributed by atoms with Crippen LogP contribution in [0.4, 0.5) is 4.79 Å². The third kappa shape index (κ3) is 10.9. The van der Waals surface area contributed by atoms with Gasteiger partial charge in [0, 0.05) is 0 Å². The van der Waals surface area contributed by atoms with Gasteiger partial charge in [-0.2, -0.15) is 0 Å². The van der Waals surface area contributed by atoms with Crippen LogP contribution in [-0.2, 0) is 30.7 Å². The van der Waals surface area contributed by atoms with Crippen LogP contribution in [0.15, 0.2) is 24.3 Å². The molecule has 7 nitrogen and oxygen atoms in total. The first kappa shape index (κ1) is 23.9. The lowest BCUT2D eigenvalue weighted by Crippen LogP contribution is -2.28. The van der Waals surface area contributed by atoms with E-state index >= 15 is 0 Å². The number of carbonyl (C=O) groups is 2. The predicted octanol–water partition coefficient (Wildman–Crippen LogP) is 5.17. The highest BCUT2D eigenvalue weighted by atomic mass is 17.5. The Bertz CT molecular complexity index is 590. The number of ether oxygens (including phenoxy) is 2. The highest BCUT2D eigenvalue weighted by molar-refractivity contribution is 5.88. The summed E-state index contributed by atoms with van der Waals surface area (Å²) >= 11 is 0.